The number of rotatable bonds is 4. The fraction of sp³-hybridized carbons (Fsp3) is 0.609. The van der Waals surface area contributed by atoms with Crippen molar-refractivity contribution < 1.29 is 27.5 Å². The summed E-state index contributed by atoms with van der Waals surface area (Å²) in [7, 11) is 1.69. The van der Waals surface area contributed by atoms with Gasteiger partial charge in [0.25, 0.3) is 5.91 Å². The van der Waals surface area contributed by atoms with Gasteiger partial charge in [-0.1, -0.05) is 11.6 Å². The summed E-state index contributed by atoms with van der Waals surface area (Å²) in [5.74, 6) is -0.737. The first-order chi connectivity index (χ1) is 16.2. The minimum atomic E-state index is -4.65. The molecule has 2 aliphatic carbocycles. The van der Waals surface area contributed by atoms with Gasteiger partial charge in [-0.3, -0.25) is 9.59 Å². The first kappa shape index (κ1) is 23.4. The van der Waals surface area contributed by atoms with Gasteiger partial charge in [0.1, 0.15) is 12.2 Å². The van der Waals surface area contributed by atoms with E-state index in [0.29, 0.717) is 16.6 Å². The zero-order valence-electron chi connectivity index (χ0n) is 18.8. The highest BCUT2D eigenvalue weighted by Gasteiger charge is 2.39. The summed E-state index contributed by atoms with van der Waals surface area (Å²) in [6, 6.07) is 2.78. The molecule has 0 N–H and O–H groups in total. The second-order valence-electron chi connectivity index (χ2n) is 9.39. The van der Waals surface area contributed by atoms with Gasteiger partial charge in [0, 0.05) is 26.2 Å². The average Bonchev–Trinajstić information content (AvgIpc) is 3.61. The largest absolute Gasteiger partial charge is 0.433 e. The topological polar surface area (TPSA) is 67.2 Å². The summed E-state index contributed by atoms with van der Waals surface area (Å²) in [5.41, 5.74) is -0.614. The maximum Gasteiger partial charge on any atom is 0.433 e. The first-order valence-electron chi connectivity index (χ1n) is 11.6. The molecule has 0 spiro atoms. The molecule has 2 aromatic rings. The van der Waals surface area contributed by atoms with Crippen LogP contribution in [0.1, 0.15) is 66.2 Å². The lowest BCUT2D eigenvalue weighted by Gasteiger charge is -2.41. The Labute approximate surface area is 199 Å². The predicted molar refractivity (Wildman–Crippen MR) is 118 cm³/mol. The van der Waals surface area contributed by atoms with Gasteiger partial charge in [0.05, 0.1) is 16.6 Å². The van der Waals surface area contributed by atoms with Crippen molar-refractivity contribution in [2.45, 2.75) is 62.8 Å². The van der Waals surface area contributed by atoms with E-state index in [4.69, 9.17) is 16.3 Å². The van der Waals surface area contributed by atoms with E-state index in [9.17, 15) is 22.8 Å². The minimum Gasteiger partial charge on any atom is -0.381 e. The fourth-order valence-electron chi connectivity index (χ4n) is 5.12. The van der Waals surface area contributed by atoms with Crippen LogP contribution in [0.3, 0.4) is 0 Å². The van der Waals surface area contributed by atoms with Crippen molar-refractivity contribution in [3.8, 4) is 0 Å². The van der Waals surface area contributed by atoms with Crippen LogP contribution in [0.15, 0.2) is 12.1 Å². The van der Waals surface area contributed by atoms with Gasteiger partial charge >= 0.3 is 6.18 Å². The van der Waals surface area contributed by atoms with Gasteiger partial charge in [-0.05, 0) is 62.1 Å². The van der Waals surface area contributed by atoms with Gasteiger partial charge in [-0.2, -0.15) is 18.3 Å². The minimum absolute atomic E-state index is 0.0570. The summed E-state index contributed by atoms with van der Waals surface area (Å²) in [6.45, 7) is 0.503. The van der Waals surface area contributed by atoms with Gasteiger partial charge in [0.15, 0.2) is 5.69 Å². The third-order valence-corrected chi connectivity index (χ3v) is 7.57. The van der Waals surface area contributed by atoms with Crippen LogP contribution >= 0.6 is 11.6 Å². The van der Waals surface area contributed by atoms with Crippen LogP contribution in [-0.2, 0) is 15.7 Å². The quantitative estimate of drug-likeness (QED) is 0.636. The van der Waals surface area contributed by atoms with E-state index >= 15 is 0 Å². The second kappa shape index (κ2) is 8.71. The fourth-order valence-corrected chi connectivity index (χ4v) is 5.37. The standard InChI is InChI=1S/C23H26ClF3N4O3/c1-34-16-6-4-15(5-7-16)30-9-8-29(12-19(30)32)22(33)21-20(24)17-10-14(13-2-3-13)11-18(23(25,26)27)31(17)28-21/h10-11,13,15-16H,2-9,12H2,1H3. The van der Waals surface area contributed by atoms with Crippen molar-refractivity contribution in [2.24, 2.45) is 0 Å². The van der Waals surface area contributed by atoms with Crippen LogP contribution < -0.4 is 0 Å². The lowest BCUT2D eigenvalue weighted by molar-refractivity contribution is -0.142. The van der Waals surface area contributed by atoms with Crippen LogP contribution in [-0.4, -0.2) is 70.1 Å². The number of nitrogens with zero attached hydrogens (tertiary/aromatic N) is 4. The van der Waals surface area contributed by atoms with Gasteiger partial charge in [0.2, 0.25) is 5.91 Å². The Morgan fingerprint density at radius 2 is 1.82 bits per heavy atom. The molecule has 11 heteroatoms. The molecule has 184 valence electrons. The molecule has 34 heavy (non-hydrogen) atoms. The van der Waals surface area contributed by atoms with Crippen LogP contribution in [0.5, 0.6) is 0 Å². The van der Waals surface area contributed by atoms with E-state index in [1.165, 1.54) is 4.90 Å². The number of methoxy groups -OCH3 is 1. The Balaban J connectivity index is 1.37. The van der Waals surface area contributed by atoms with Crippen LogP contribution in [0, 0.1) is 0 Å². The summed E-state index contributed by atoms with van der Waals surface area (Å²) in [5, 5.41) is 3.84. The maximum atomic E-state index is 13.7. The molecule has 0 aromatic carbocycles. The smallest absolute Gasteiger partial charge is 0.381 e. The maximum absolute atomic E-state index is 13.7. The number of ether oxygens (including phenoxy) is 1. The SMILES string of the molecule is COC1CCC(N2CCN(C(=O)c3nn4c(C(F)(F)F)cc(C5CC5)cc4c3Cl)CC2=O)CC1. The number of hydrogen-bond donors (Lipinski definition) is 0. The number of carbonyl (C=O) groups is 2. The van der Waals surface area contributed by atoms with E-state index in [1.54, 1.807) is 13.2 Å². The summed E-state index contributed by atoms with van der Waals surface area (Å²) in [4.78, 5) is 29.2. The molecule has 2 saturated carbocycles. The molecule has 5 rings (SSSR count). The zero-order chi connectivity index (χ0) is 24.2. The molecule has 1 aliphatic heterocycles. The van der Waals surface area contributed by atoms with Crippen LogP contribution in [0.2, 0.25) is 5.02 Å². The lowest BCUT2D eigenvalue weighted by Crippen LogP contribution is -2.56. The predicted octanol–water partition coefficient (Wildman–Crippen LogP) is 4.13. The number of pyridine rings is 1. The van der Waals surface area contributed by atoms with Crippen molar-refractivity contribution >= 4 is 28.9 Å². The molecule has 3 heterocycles. The number of aromatic nitrogens is 2. The van der Waals surface area contributed by atoms with Crippen molar-refractivity contribution in [2.75, 3.05) is 26.7 Å². The van der Waals surface area contributed by atoms with Crippen molar-refractivity contribution in [1.29, 1.82) is 0 Å². The van der Waals surface area contributed by atoms with Gasteiger partial charge in [-0.15, -0.1) is 0 Å². The number of fused-ring (bicyclic) bond motifs is 1. The van der Waals surface area contributed by atoms with E-state index in [2.05, 4.69) is 5.10 Å². The zero-order valence-corrected chi connectivity index (χ0v) is 19.5. The molecule has 0 unspecified atom stereocenters. The lowest BCUT2D eigenvalue weighted by atomic mass is 9.91. The summed E-state index contributed by atoms with van der Waals surface area (Å²) in [6.07, 6.45) is 0.675. The molecule has 0 bridgehead atoms. The number of alkyl halides is 3. The molecule has 3 fully saturated rings. The first-order valence-corrected chi connectivity index (χ1v) is 12.0. The summed E-state index contributed by atoms with van der Waals surface area (Å²) < 4.78 is 47.3. The normalized spacial score (nSPS) is 24.2. The Morgan fingerprint density at radius 1 is 1.12 bits per heavy atom. The second-order valence-corrected chi connectivity index (χ2v) is 9.76. The number of piperazine rings is 1. The van der Waals surface area contributed by atoms with E-state index in [-0.39, 0.29) is 53.3 Å². The highest BCUT2D eigenvalue weighted by Crippen LogP contribution is 2.43. The Kier molecular flexibility index (Phi) is 6.00. The Hall–Kier alpha value is -2.33. The Bertz CT molecular complexity index is 1120. The molecule has 1 saturated heterocycles. The number of hydrogen-bond acceptors (Lipinski definition) is 4. The summed E-state index contributed by atoms with van der Waals surface area (Å²) >= 11 is 6.40. The number of carbonyl (C=O) groups excluding carboxylic acids is 2. The van der Waals surface area contributed by atoms with E-state index < -0.39 is 17.8 Å². The van der Waals surface area contributed by atoms with Gasteiger partial charge in [-0.25, -0.2) is 4.52 Å². The van der Waals surface area contributed by atoms with Crippen molar-refractivity contribution in [3.63, 3.8) is 0 Å². The van der Waals surface area contributed by atoms with Crippen molar-refractivity contribution in [1.82, 2.24) is 19.4 Å². The van der Waals surface area contributed by atoms with Crippen LogP contribution in [0.4, 0.5) is 13.2 Å². The molecule has 0 radical (unpaired) electrons. The molecule has 2 aromatic heterocycles. The molecule has 2 amide bonds. The third kappa shape index (κ3) is 4.26. The monoisotopic (exact) mass is 498 g/mol. The molecule has 7 nitrogen and oxygen atoms in total. The highest BCUT2D eigenvalue weighted by molar-refractivity contribution is 6.36. The Morgan fingerprint density at radius 3 is 2.41 bits per heavy atom. The highest BCUT2D eigenvalue weighted by atomic mass is 35.5. The van der Waals surface area contributed by atoms with Crippen molar-refractivity contribution in [3.05, 3.63) is 34.1 Å². The average molecular weight is 499 g/mol. The van der Waals surface area contributed by atoms with E-state index in [0.717, 1.165) is 44.6 Å². The number of halogens is 4. The molecule has 3 aliphatic rings. The molecular weight excluding hydrogens is 473 g/mol. The molecular formula is C23H26ClF3N4O3. The van der Waals surface area contributed by atoms with Crippen LogP contribution in [0.25, 0.3) is 5.52 Å². The van der Waals surface area contributed by atoms with Gasteiger partial charge < -0.3 is 14.5 Å². The third-order valence-electron chi connectivity index (χ3n) is 7.20. The number of amides is 2. The molecule has 0 atom stereocenters. The van der Waals surface area contributed by atoms with E-state index in [1.807, 2.05) is 4.90 Å².